The van der Waals surface area contributed by atoms with Crippen LogP contribution in [-0.4, -0.2) is 88.5 Å². The van der Waals surface area contributed by atoms with E-state index in [4.69, 9.17) is 0 Å². The summed E-state index contributed by atoms with van der Waals surface area (Å²) < 4.78 is 67.9. The van der Waals surface area contributed by atoms with E-state index in [-0.39, 0.29) is 10.4 Å². The number of likely N-dealkylation sites (tertiary alicyclic amines) is 1. The first-order valence-corrected chi connectivity index (χ1v) is 15.6. The summed E-state index contributed by atoms with van der Waals surface area (Å²) >= 11 is 0. The van der Waals surface area contributed by atoms with Gasteiger partial charge in [-0.15, -0.1) is 0 Å². The van der Waals surface area contributed by atoms with Crippen LogP contribution in [0.2, 0.25) is 0 Å². The first-order valence-electron chi connectivity index (χ1n) is 13.7. The molecule has 12 heteroatoms. The lowest BCUT2D eigenvalue weighted by atomic mass is 9.97. The van der Waals surface area contributed by atoms with Crippen LogP contribution < -0.4 is 0 Å². The second-order valence-corrected chi connectivity index (χ2v) is 13.8. The van der Waals surface area contributed by atoms with E-state index < -0.39 is 27.3 Å². The molecule has 0 bridgehead atoms. The number of aryl methyl sites for hydroxylation is 1. The molecule has 0 unspecified atom stereocenters. The van der Waals surface area contributed by atoms with Crippen molar-refractivity contribution in [1.29, 1.82) is 0 Å². The Kier molecular flexibility index (Phi) is 7.82. The molecule has 2 aromatic heterocycles. The van der Waals surface area contributed by atoms with E-state index in [0.717, 1.165) is 44.3 Å². The van der Waals surface area contributed by atoms with Crippen molar-refractivity contribution in [2.45, 2.75) is 55.8 Å². The largest absolute Gasteiger partial charge is 0.435 e. The van der Waals surface area contributed by atoms with E-state index in [2.05, 4.69) is 19.8 Å². The molecule has 5 rings (SSSR count). The van der Waals surface area contributed by atoms with Gasteiger partial charge in [0.05, 0.1) is 21.7 Å². The van der Waals surface area contributed by atoms with E-state index in [1.54, 1.807) is 29.8 Å². The van der Waals surface area contributed by atoms with Crippen molar-refractivity contribution in [2.24, 2.45) is 7.05 Å². The number of hydrogen-bond donors (Lipinski definition) is 1. The molecule has 0 saturated carbocycles. The Morgan fingerprint density at radius 3 is 2.24 bits per heavy atom. The smallest absolute Gasteiger partial charge is 0.389 e. The van der Waals surface area contributed by atoms with Crippen molar-refractivity contribution >= 4 is 26.4 Å². The summed E-state index contributed by atoms with van der Waals surface area (Å²) in [7, 11) is -1.76. The lowest BCUT2D eigenvalue weighted by molar-refractivity contribution is -0.139. The first-order chi connectivity index (χ1) is 19.1. The summed E-state index contributed by atoms with van der Waals surface area (Å²) in [6.07, 6.45) is 0.967. The zero-order valence-electron chi connectivity index (χ0n) is 23.7. The highest BCUT2D eigenvalue weighted by molar-refractivity contribution is 7.90. The second kappa shape index (κ2) is 10.8. The predicted octanol–water partition coefficient (Wildman–Crippen LogP) is 4.38. The van der Waals surface area contributed by atoms with Crippen molar-refractivity contribution in [3.8, 4) is 11.4 Å². The standard InChI is InChI=1S/C29H36F3N5O3S/c1-28(2,38)18-36-13-11-21(12-14-36)37-15-9-19(10-16-37)23-17-24-25(26(33-23)29(30,31)32)34-27(35(24)3)20-5-7-22(8-6-20)41(4,39)40/h5-9,17,21,38H,10-16,18H2,1-4H3. The van der Waals surface area contributed by atoms with E-state index >= 15 is 0 Å². The monoisotopic (exact) mass is 591 g/mol. The number of halogens is 3. The maximum atomic E-state index is 14.2. The number of aromatic nitrogens is 3. The summed E-state index contributed by atoms with van der Waals surface area (Å²) in [5, 5.41) is 10.1. The maximum Gasteiger partial charge on any atom is 0.435 e. The Morgan fingerprint density at radius 2 is 1.71 bits per heavy atom. The molecule has 2 aliphatic heterocycles. The minimum Gasteiger partial charge on any atom is -0.389 e. The van der Waals surface area contributed by atoms with Crippen LogP contribution in [0.15, 0.2) is 41.3 Å². The minimum atomic E-state index is -4.70. The molecule has 8 nitrogen and oxygen atoms in total. The van der Waals surface area contributed by atoms with Gasteiger partial charge in [-0.05, 0) is 82.1 Å². The highest BCUT2D eigenvalue weighted by Gasteiger charge is 2.38. The van der Waals surface area contributed by atoms with Gasteiger partial charge in [0.1, 0.15) is 11.3 Å². The van der Waals surface area contributed by atoms with Crippen LogP contribution in [0.1, 0.15) is 44.5 Å². The van der Waals surface area contributed by atoms with Gasteiger partial charge in [0, 0.05) is 44.5 Å². The fraction of sp³-hybridized carbons (Fsp3) is 0.517. The minimum absolute atomic E-state index is 0.123. The Labute approximate surface area is 238 Å². The van der Waals surface area contributed by atoms with Crippen LogP contribution in [0.25, 0.3) is 28.0 Å². The summed E-state index contributed by atoms with van der Waals surface area (Å²) in [5.41, 5.74) is -0.0844. The molecule has 1 saturated heterocycles. The number of alkyl halides is 3. The zero-order valence-corrected chi connectivity index (χ0v) is 24.6. The number of β-amino-alcohol motifs (C(OH)–C–C–N with tert-alkyl or cyclic N) is 1. The first kappa shape index (κ1) is 29.7. The molecule has 1 N–H and O–H groups in total. The van der Waals surface area contributed by atoms with Crippen molar-refractivity contribution in [3.05, 3.63) is 47.8 Å². The molecule has 3 aromatic rings. The number of hydrogen-bond acceptors (Lipinski definition) is 7. The number of pyridine rings is 1. The summed E-state index contributed by atoms with van der Waals surface area (Å²) in [6, 6.07) is 8.02. The quantitative estimate of drug-likeness (QED) is 0.455. The van der Waals surface area contributed by atoms with Gasteiger partial charge in [0.25, 0.3) is 0 Å². The van der Waals surface area contributed by atoms with Crippen LogP contribution >= 0.6 is 0 Å². The van der Waals surface area contributed by atoms with Crippen LogP contribution in [0.5, 0.6) is 0 Å². The number of nitrogens with zero attached hydrogens (tertiary/aromatic N) is 5. The molecule has 0 radical (unpaired) electrons. The van der Waals surface area contributed by atoms with Gasteiger partial charge in [-0.2, -0.15) is 13.2 Å². The molecule has 2 aliphatic rings. The number of piperidine rings is 1. The van der Waals surface area contributed by atoms with Gasteiger partial charge in [-0.3, -0.25) is 4.90 Å². The third-order valence-corrected chi connectivity index (χ3v) is 9.06. The normalized spacial score (nSPS) is 18.7. The Morgan fingerprint density at radius 1 is 1.05 bits per heavy atom. The van der Waals surface area contributed by atoms with Gasteiger partial charge in [0.15, 0.2) is 15.5 Å². The molecule has 0 spiro atoms. The topological polar surface area (TPSA) is 91.6 Å². The highest BCUT2D eigenvalue weighted by atomic mass is 32.2. The average Bonchev–Trinajstić information content (AvgIpc) is 3.23. The summed E-state index contributed by atoms with van der Waals surface area (Å²) in [6.45, 7) is 7.49. The number of rotatable bonds is 6. The lowest BCUT2D eigenvalue weighted by Crippen LogP contribution is -2.49. The van der Waals surface area contributed by atoms with Crippen LogP contribution in [0, 0.1) is 0 Å². The predicted molar refractivity (Wildman–Crippen MR) is 152 cm³/mol. The maximum absolute atomic E-state index is 14.2. The SMILES string of the molecule is Cn1c(-c2ccc(S(C)(=O)=O)cc2)nc2c(C(F)(F)F)nc(C3=CCN(C4CCN(CC(C)(C)O)CC4)CC3)cc21. The molecule has 0 aliphatic carbocycles. The Hall–Kier alpha value is -2.80. The van der Waals surface area contributed by atoms with Crippen molar-refractivity contribution in [1.82, 2.24) is 24.3 Å². The van der Waals surface area contributed by atoms with Gasteiger partial charge < -0.3 is 14.6 Å². The molecule has 41 heavy (non-hydrogen) atoms. The van der Waals surface area contributed by atoms with E-state index in [9.17, 15) is 26.7 Å². The van der Waals surface area contributed by atoms with Gasteiger partial charge >= 0.3 is 6.18 Å². The average molecular weight is 592 g/mol. The lowest BCUT2D eigenvalue weighted by Gasteiger charge is -2.41. The fourth-order valence-electron chi connectivity index (χ4n) is 5.90. The second-order valence-electron chi connectivity index (χ2n) is 11.8. The van der Waals surface area contributed by atoms with Crippen molar-refractivity contribution in [2.75, 3.05) is 39.0 Å². The van der Waals surface area contributed by atoms with Crippen LogP contribution in [0.4, 0.5) is 13.2 Å². The molecular weight excluding hydrogens is 555 g/mol. The zero-order chi connectivity index (χ0) is 29.7. The number of sulfone groups is 1. The molecule has 0 amide bonds. The molecule has 1 fully saturated rings. The number of imidazole rings is 1. The van der Waals surface area contributed by atoms with Gasteiger partial charge in [0.2, 0.25) is 0 Å². The van der Waals surface area contributed by atoms with Crippen molar-refractivity contribution in [3.63, 3.8) is 0 Å². The van der Waals surface area contributed by atoms with Crippen LogP contribution in [0.3, 0.4) is 0 Å². The third-order valence-electron chi connectivity index (χ3n) is 7.93. The molecule has 222 valence electrons. The number of benzene rings is 1. The summed E-state index contributed by atoms with van der Waals surface area (Å²) in [5.74, 6) is 0.296. The van der Waals surface area contributed by atoms with Crippen LogP contribution in [-0.2, 0) is 23.1 Å². The molecular formula is C29H36F3N5O3S. The van der Waals surface area contributed by atoms with E-state index in [0.29, 0.717) is 48.2 Å². The molecule has 4 heterocycles. The fourth-order valence-corrected chi connectivity index (χ4v) is 6.53. The Bertz CT molecular complexity index is 1570. The van der Waals surface area contributed by atoms with Gasteiger partial charge in [-0.25, -0.2) is 18.4 Å². The Balaban J connectivity index is 1.40. The highest BCUT2D eigenvalue weighted by Crippen LogP contribution is 2.37. The third kappa shape index (κ3) is 6.50. The molecule has 0 atom stereocenters. The number of fused-ring (bicyclic) bond motifs is 1. The van der Waals surface area contributed by atoms with E-state index in [1.807, 2.05) is 19.9 Å². The summed E-state index contributed by atoms with van der Waals surface area (Å²) in [4.78, 5) is 13.2. The van der Waals surface area contributed by atoms with E-state index in [1.165, 1.54) is 12.1 Å². The number of aliphatic hydroxyl groups is 1. The molecule has 1 aromatic carbocycles. The van der Waals surface area contributed by atoms with Crippen molar-refractivity contribution < 1.29 is 26.7 Å². The van der Waals surface area contributed by atoms with Gasteiger partial charge in [-0.1, -0.05) is 6.08 Å².